The molecule has 0 aliphatic carbocycles. The Morgan fingerprint density at radius 3 is 2.23 bits per heavy atom. The molecule has 7 N–H and O–H groups in total. The van der Waals surface area contributed by atoms with Crippen molar-refractivity contribution in [1.82, 2.24) is 9.97 Å². The van der Waals surface area contributed by atoms with E-state index < -0.39 is 17.7 Å². The normalized spacial score (nSPS) is 10.5. The number of anilines is 3. The number of nitrogen functional groups attached to an aromatic ring is 3. The molecule has 0 unspecified atom stereocenters. The summed E-state index contributed by atoms with van der Waals surface area (Å²) in [5.41, 5.74) is 14.8. The van der Waals surface area contributed by atoms with E-state index in [1.807, 2.05) is 0 Å². The van der Waals surface area contributed by atoms with Gasteiger partial charge in [-0.1, -0.05) is 6.07 Å². The lowest BCUT2D eigenvalue weighted by Crippen LogP contribution is -2.07. The minimum Gasteiger partial charge on any atom is -0.477 e. The summed E-state index contributed by atoms with van der Waals surface area (Å²) in [6.45, 7) is 0. The maximum absolute atomic E-state index is 11.9. The smallest absolute Gasteiger partial charge is 0.416 e. The summed E-state index contributed by atoms with van der Waals surface area (Å²) in [4.78, 5) is 17.3. The molecular weight excluding hydrogens is 303 g/mol. The Kier molecular flexibility index (Phi) is 5.11. The Bertz CT molecular complexity index is 676. The van der Waals surface area contributed by atoms with Crippen molar-refractivity contribution in [2.24, 2.45) is 0 Å². The standard InChI is InChI=1S/C7H6F3N.C5H6N4O2/c8-7(9,10)5-2-1-3-6(11)4-5;6-3-2(4(10)11)1-8-5(7)9-3/h1-4H,11H2;1H,(H,10,11)(H4,6,7,8,9). The molecule has 0 fully saturated rings. The van der Waals surface area contributed by atoms with Gasteiger partial charge in [0.05, 0.1) is 5.56 Å². The van der Waals surface area contributed by atoms with E-state index in [-0.39, 0.29) is 23.0 Å². The van der Waals surface area contributed by atoms with Crippen molar-refractivity contribution in [3.63, 3.8) is 0 Å². The fourth-order valence-electron chi connectivity index (χ4n) is 1.29. The van der Waals surface area contributed by atoms with Crippen LogP contribution in [0.4, 0.5) is 30.6 Å². The number of alkyl halides is 3. The minimum atomic E-state index is -4.30. The van der Waals surface area contributed by atoms with Gasteiger partial charge in [0.15, 0.2) is 0 Å². The second-order valence-electron chi connectivity index (χ2n) is 3.96. The monoisotopic (exact) mass is 315 g/mol. The van der Waals surface area contributed by atoms with Crippen LogP contribution in [0, 0.1) is 0 Å². The van der Waals surface area contributed by atoms with Crippen LogP contribution >= 0.6 is 0 Å². The molecule has 0 atom stereocenters. The van der Waals surface area contributed by atoms with Crippen molar-refractivity contribution in [2.75, 3.05) is 17.2 Å². The van der Waals surface area contributed by atoms with Crippen LogP contribution < -0.4 is 17.2 Å². The first-order valence-corrected chi connectivity index (χ1v) is 5.65. The van der Waals surface area contributed by atoms with Gasteiger partial charge in [-0.3, -0.25) is 0 Å². The Morgan fingerprint density at radius 1 is 1.18 bits per heavy atom. The Hall–Kier alpha value is -3.04. The molecule has 0 bridgehead atoms. The minimum absolute atomic E-state index is 0.0347. The van der Waals surface area contributed by atoms with Crippen molar-refractivity contribution >= 4 is 23.4 Å². The van der Waals surface area contributed by atoms with E-state index in [1.54, 1.807) is 0 Å². The first-order chi connectivity index (χ1) is 10.1. The molecule has 0 radical (unpaired) electrons. The average Bonchev–Trinajstić information content (AvgIpc) is 2.37. The fraction of sp³-hybridized carbons (Fsp3) is 0.0833. The first kappa shape index (κ1) is 17.0. The van der Waals surface area contributed by atoms with Gasteiger partial charge in [-0.2, -0.15) is 18.2 Å². The lowest BCUT2D eigenvalue weighted by Gasteiger charge is -2.05. The third-order valence-corrected chi connectivity index (χ3v) is 2.28. The van der Waals surface area contributed by atoms with E-state index in [9.17, 15) is 18.0 Å². The number of nitrogens with zero attached hydrogens (tertiary/aromatic N) is 2. The number of benzene rings is 1. The summed E-state index contributed by atoms with van der Waals surface area (Å²) >= 11 is 0. The van der Waals surface area contributed by atoms with Crippen molar-refractivity contribution in [1.29, 1.82) is 0 Å². The number of hydrogen-bond donors (Lipinski definition) is 4. The molecule has 1 heterocycles. The maximum Gasteiger partial charge on any atom is 0.416 e. The highest BCUT2D eigenvalue weighted by atomic mass is 19.4. The molecule has 118 valence electrons. The van der Waals surface area contributed by atoms with Crippen molar-refractivity contribution in [3.05, 3.63) is 41.6 Å². The van der Waals surface area contributed by atoms with Crippen LogP contribution in [0.5, 0.6) is 0 Å². The van der Waals surface area contributed by atoms with Gasteiger partial charge in [0.2, 0.25) is 5.95 Å². The molecule has 0 spiro atoms. The van der Waals surface area contributed by atoms with Crippen molar-refractivity contribution < 1.29 is 23.1 Å². The molecule has 0 saturated carbocycles. The molecule has 1 aromatic heterocycles. The molecule has 2 rings (SSSR count). The van der Waals surface area contributed by atoms with E-state index in [0.717, 1.165) is 18.3 Å². The summed E-state index contributed by atoms with van der Waals surface area (Å²) in [6.07, 6.45) is -3.23. The Labute approximate surface area is 122 Å². The summed E-state index contributed by atoms with van der Waals surface area (Å²) in [5.74, 6) is -1.32. The number of hydrogen-bond acceptors (Lipinski definition) is 6. The maximum atomic E-state index is 11.9. The third-order valence-electron chi connectivity index (χ3n) is 2.28. The highest BCUT2D eigenvalue weighted by Crippen LogP contribution is 2.29. The summed E-state index contributed by atoms with van der Waals surface area (Å²) in [5, 5.41) is 8.46. The van der Waals surface area contributed by atoms with Gasteiger partial charge < -0.3 is 22.3 Å². The summed E-state index contributed by atoms with van der Waals surface area (Å²) in [7, 11) is 0. The molecule has 0 saturated heterocycles. The van der Waals surface area contributed by atoms with Crippen LogP contribution in [0.15, 0.2) is 30.5 Å². The fourth-order valence-corrected chi connectivity index (χ4v) is 1.29. The number of carboxylic acids is 1. The quantitative estimate of drug-likeness (QED) is 0.586. The number of carbonyl (C=O) groups is 1. The Morgan fingerprint density at radius 2 is 1.82 bits per heavy atom. The third kappa shape index (κ3) is 4.81. The molecule has 10 heteroatoms. The largest absolute Gasteiger partial charge is 0.477 e. The summed E-state index contributed by atoms with van der Waals surface area (Å²) in [6, 6.07) is 4.57. The molecule has 22 heavy (non-hydrogen) atoms. The molecular formula is C12H12F3N5O2. The van der Waals surface area contributed by atoms with Crippen LogP contribution in [0.1, 0.15) is 15.9 Å². The number of carboxylic acid groups (broad SMARTS) is 1. The highest BCUT2D eigenvalue weighted by Gasteiger charge is 2.30. The SMILES string of the molecule is Nc1cccc(C(F)(F)F)c1.Nc1ncc(C(=O)O)c(N)n1. The lowest BCUT2D eigenvalue weighted by atomic mass is 10.2. The summed E-state index contributed by atoms with van der Waals surface area (Å²) < 4.78 is 35.7. The average molecular weight is 315 g/mol. The second-order valence-corrected chi connectivity index (χ2v) is 3.96. The second kappa shape index (κ2) is 6.61. The molecule has 0 aliphatic rings. The van der Waals surface area contributed by atoms with Gasteiger partial charge in [0, 0.05) is 11.9 Å². The number of halogens is 3. The molecule has 0 aliphatic heterocycles. The van der Waals surface area contributed by atoms with E-state index >= 15 is 0 Å². The van der Waals surface area contributed by atoms with Crippen LogP contribution in [-0.2, 0) is 6.18 Å². The van der Waals surface area contributed by atoms with Gasteiger partial charge in [0.1, 0.15) is 11.4 Å². The molecule has 7 nitrogen and oxygen atoms in total. The highest BCUT2D eigenvalue weighted by molar-refractivity contribution is 5.92. The van der Waals surface area contributed by atoms with Crippen LogP contribution in [0.3, 0.4) is 0 Å². The molecule has 1 aromatic carbocycles. The van der Waals surface area contributed by atoms with Crippen LogP contribution in [0.25, 0.3) is 0 Å². The van der Waals surface area contributed by atoms with Gasteiger partial charge in [-0.05, 0) is 18.2 Å². The van der Waals surface area contributed by atoms with Gasteiger partial charge in [0.25, 0.3) is 0 Å². The van der Waals surface area contributed by atoms with Crippen LogP contribution in [-0.4, -0.2) is 21.0 Å². The topological polar surface area (TPSA) is 141 Å². The number of nitrogens with two attached hydrogens (primary N) is 3. The molecule has 2 aromatic rings. The zero-order chi connectivity index (χ0) is 16.9. The Balaban J connectivity index is 0.000000220. The lowest BCUT2D eigenvalue weighted by molar-refractivity contribution is -0.137. The van der Waals surface area contributed by atoms with Gasteiger partial charge >= 0.3 is 12.1 Å². The zero-order valence-corrected chi connectivity index (χ0v) is 11.0. The van der Waals surface area contributed by atoms with Crippen LogP contribution in [0.2, 0.25) is 0 Å². The predicted molar refractivity (Wildman–Crippen MR) is 73.7 cm³/mol. The van der Waals surface area contributed by atoms with Gasteiger partial charge in [-0.25, -0.2) is 9.78 Å². The van der Waals surface area contributed by atoms with Crippen molar-refractivity contribution in [2.45, 2.75) is 6.18 Å². The first-order valence-electron chi connectivity index (χ1n) is 5.65. The predicted octanol–water partition coefficient (Wildman–Crippen LogP) is 1.63. The van der Waals surface area contributed by atoms with Crippen molar-refractivity contribution in [3.8, 4) is 0 Å². The van der Waals surface area contributed by atoms with E-state index in [4.69, 9.17) is 22.3 Å². The van der Waals surface area contributed by atoms with E-state index in [2.05, 4.69) is 9.97 Å². The zero-order valence-electron chi connectivity index (χ0n) is 11.0. The van der Waals surface area contributed by atoms with E-state index in [1.165, 1.54) is 12.1 Å². The molecule has 0 amide bonds. The van der Waals surface area contributed by atoms with E-state index in [0.29, 0.717) is 0 Å². The number of rotatable bonds is 1. The van der Waals surface area contributed by atoms with Gasteiger partial charge in [-0.15, -0.1) is 0 Å². The number of aromatic carboxylic acids is 1. The number of aromatic nitrogens is 2.